The van der Waals surface area contributed by atoms with Crippen molar-refractivity contribution in [2.75, 3.05) is 0 Å². The Kier molecular flexibility index (Phi) is 5.90. The molecule has 0 heterocycles. The fraction of sp³-hybridized carbons (Fsp3) is 0.467. The largest absolute Gasteiger partial charge is 0.598 e. The molecule has 0 fully saturated rings. The highest BCUT2D eigenvalue weighted by molar-refractivity contribution is 7.90. The number of hydrogen-bond donors (Lipinski definition) is 1. The molecule has 1 aromatic carbocycles. The summed E-state index contributed by atoms with van der Waals surface area (Å²) in [5, 5.41) is 0. The molecular formula is C15H20F3NOS. The molecule has 2 atom stereocenters. The van der Waals surface area contributed by atoms with Gasteiger partial charge in [0.15, 0.2) is 0 Å². The van der Waals surface area contributed by atoms with E-state index >= 15 is 0 Å². The summed E-state index contributed by atoms with van der Waals surface area (Å²) in [6, 6.07) is 4.55. The van der Waals surface area contributed by atoms with E-state index in [2.05, 4.69) is 11.3 Å². The second kappa shape index (κ2) is 6.85. The van der Waals surface area contributed by atoms with Crippen molar-refractivity contribution in [2.45, 2.75) is 44.2 Å². The quantitative estimate of drug-likeness (QED) is 0.646. The molecule has 0 spiro atoms. The summed E-state index contributed by atoms with van der Waals surface area (Å²) < 4.78 is 52.3. The van der Waals surface area contributed by atoms with E-state index in [0.29, 0.717) is 12.0 Å². The second-order valence-electron chi connectivity index (χ2n) is 5.70. The van der Waals surface area contributed by atoms with Gasteiger partial charge in [-0.2, -0.15) is 13.2 Å². The predicted octanol–water partition coefficient (Wildman–Crippen LogP) is 4.37. The molecule has 1 aromatic rings. The lowest BCUT2D eigenvalue weighted by Gasteiger charge is -2.27. The Morgan fingerprint density at radius 3 is 2.14 bits per heavy atom. The number of nitrogens with one attached hydrogen (secondary N) is 1. The lowest BCUT2D eigenvalue weighted by Crippen LogP contribution is -2.41. The van der Waals surface area contributed by atoms with Crippen LogP contribution in [0.1, 0.15) is 44.4 Å². The lowest BCUT2D eigenvalue weighted by molar-refractivity contribution is -0.137. The van der Waals surface area contributed by atoms with Crippen molar-refractivity contribution in [3.8, 4) is 0 Å². The first-order valence-corrected chi connectivity index (χ1v) is 7.67. The van der Waals surface area contributed by atoms with Crippen molar-refractivity contribution in [3.63, 3.8) is 0 Å². The van der Waals surface area contributed by atoms with E-state index < -0.39 is 27.8 Å². The van der Waals surface area contributed by atoms with Crippen LogP contribution in [0, 0.1) is 0 Å². The molecule has 0 amide bonds. The number of benzene rings is 1. The van der Waals surface area contributed by atoms with Gasteiger partial charge in [-0.25, -0.2) is 0 Å². The summed E-state index contributed by atoms with van der Waals surface area (Å²) in [6.07, 6.45) is -2.23. The molecular weight excluding hydrogens is 299 g/mol. The Labute approximate surface area is 126 Å². The molecule has 0 bridgehead atoms. The molecule has 0 saturated heterocycles. The minimum Gasteiger partial charge on any atom is -0.598 e. The van der Waals surface area contributed by atoms with Gasteiger partial charge in [0, 0.05) is 11.4 Å². The minimum absolute atomic E-state index is 0.329. The molecule has 0 radical (unpaired) electrons. The van der Waals surface area contributed by atoms with Crippen molar-refractivity contribution in [3.05, 3.63) is 48.0 Å². The molecule has 2 unspecified atom stereocenters. The van der Waals surface area contributed by atoms with Gasteiger partial charge in [-0.15, -0.1) is 11.3 Å². The van der Waals surface area contributed by atoms with Gasteiger partial charge in [0.2, 0.25) is 0 Å². The van der Waals surface area contributed by atoms with Gasteiger partial charge in [0.05, 0.1) is 11.6 Å². The normalized spacial score (nSPS) is 15.6. The fourth-order valence-corrected chi connectivity index (χ4v) is 2.47. The van der Waals surface area contributed by atoms with E-state index in [-0.39, 0.29) is 6.04 Å². The average Bonchev–Trinajstić information content (AvgIpc) is 2.36. The Morgan fingerprint density at radius 1 is 1.24 bits per heavy atom. The molecule has 0 aromatic heterocycles. The van der Waals surface area contributed by atoms with Crippen LogP contribution in [0.15, 0.2) is 36.9 Å². The van der Waals surface area contributed by atoms with E-state index in [9.17, 15) is 17.7 Å². The van der Waals surface area contributed by atoms with Crippen LogP contribution < -0.4 is 4.72 Å². The zero-order chi connectivity index (χ0) is 16.3. The third-order valence-electron chi connectivity index (χ3n) is 2.85. The smallest absolute Gasteiger partial charge is 0.416 e. The number of alkyl halides is 3. The molecule has 1 rings (SSSR count). The third-order valence-corrected chi connectivity index (χ3v) is 4.46. The maximum Gasteiger partial charge on any atom is 0.416 e. The minimum atomic E-state index is -4.35. The van der Waals surface area contributed by atoms with Gasteiger partial charge < -0.3 is 4.55 Å². The monoisotopic (exact) mass is 319 g/mol. The first-order chi connectivity index (χ1) is 9.55. The van der Waals surface area contributed by atoms with Gasteiger partial charge in [-0.1, -0.05) is 18.2 Å². The highest BCUT2D eigenvalue weighted by Crippen LogP contribution is 2.31. The molecule has 0 aliphatic carbocycles. The molecule has 0 aliphatic rings. The third kappa shape index (κ3) is 5.37. The molecule has 6 heteroatoms. The molecule has 1 N–H and O–H groups in total. The van der Waals surface area contributed by atoms with Crippen LogP contribution in [-0.4, -0.2) is 9.30 Å². The van der Waals surface area contributed by atoms with E-state index in [4.69, 9.17) is 0 Å². The van der Waals surface area contributed by atoms with E-state index in [1.165, 1.54) is 12.1 Å². The number of hydrogen-bond acceptors (Lipinski definition) is 2. The van der Waals surface area contributed by atoms with Crippen molar-refractivity contribution in [2.24, 2.45) is 0 Å². The SMILES string of the molecule is C=CCC(N[S+]([O-])C(C)(C)C)c1ccc(C(F)(F)F)cc1. The zero-order valence-corrected chi connectivity index (χ0v) is 13.1. The summed E-state index contributed by atoms with van der Waals surface area (Å²) >= 11 is -1.31. The van der Waals surface area contributed by atoms with Crippen molar-refractivity contribution >= 4 is 11.4 Å². The summed E-state index contributed by atoms with van der Waals surface area (Å²) in [6.45, 7) is 9.11. The predicted molar refractivity (Wildman–Crippen MR) is 80.0 cm³/mol. The average molecular weight is 319 g/mol. The molecule has 2 nitrogen and oxygen atoms in total. The van der Waals surface area contributed by atoms with E-state index in [1.807, 2.05) is 20.8 Å². The Hall–Kier alpha value is -0.980. The van der Waals surface area contributed by atoms with Gasteiger partial charge in [-0.3, -0.25) is 0 Å². The Balaban J connectivity index is 2.93. The van der Waals surface area contributed by atoms with Crippen LogP contribution in [0.25, 0.3) is 0 Å². The standard InChI is InChI=1S/C15H20F3NOS/c1-5-6-13(19-21(20)14(2,3)4)11-7-9-12(10-8-11)15(16,17)18/h5,7-10,13,19H,1,6H2,2-4H3. The van der Waals surface area contributed by atoms with E-state index in [1.54, 1.807) is 6.08 Å². The summed E-state index contributed by atoms with van der Waals surface area (Å²) in [7, 11) is 0. The zero-order valence-electron chi connectivity index (χ0n) is 12.3. The van der Waals surface area contributed by atoms with Crippen molar-refractivity contribution < 1.29 is 17.7 Å². The van der Waals surface area contributed by atoms with E-state index in [0.717, 1.165) is 12.1 Å². The van der Waals surface area contributed by atoms with Crippen LogP contribution in [0.4, 0.5) is 13.2 Å². The van der Waals surface area contributed by atoms with Crippen LogP contribution in [-0.2, 0) is 17.5 Å². The first kappa shape index (κ1) is 18.1. The van der Waals surface area contributed by atoms with Crippen LogP contribution in [0.3, 0.4) is 0 Å². The van der Waals surface area contributed by atoms with Crippen molar-refractivity contribution in [1.29, 1.82) is 0 Å². The van der Waals surface area contributed by atoms with Crippen LogP contribution in [0.5, 0.6) is 0 Å². The summed E-state index contributed by atoms with van der Waals surface area (Å²) in [5.41, 5.74) is -0.0407. The van der Waals surface area contributed by atoms with Gasteiger partial charge >= 0.3 is 6.18 Å². The molecule has 118 valence electrons. The lowest BCUT2D eigenvalue weighted by atomic mass is 10.0. The molecule has 0 aliphatic heterocycles. The maximum atomic E-state index is 12.6. The highest BCUT2D eigenvalue weighted by Gasteiger charge is 2.32. The molecule has 21 heavy (non-hydrogen) atoms. The number of rotatable bonds is 5. The summed E-state index contributed by atoms with van der Waals surface area (Å²) in [5.74, 6) is 0. The van der Waals surface area contributed by atoms with Crippen molar-refractivity contribution in [1.82, 2.24) is 4.72 Å². The fourth-order valence-electron chi connectivity index (χ4n) is 1.63. The second-order valence-corrected chi connectivity index (χ2v) is 7.69. The Bertz CT molecular complexity index is 465. The van der Waals surface area contributed by atoms with Crippen LogP contribution >= 0.6 is 0 Å². The Morgan fingerprint density at radius 2 is 1.76 bits per heavy atom. The van der Waals surface area contributed by atoms with Gasteiger partial charge in [0.25, 0.3) is 0 Å². The topological polar surface area (TPSA) is 35.1 Å². The highest BCUT2D eigenvalue weighted by atomic mass is 32.2. The van der Waals surface area contributed by atoms with Crippen LogP contribution in [0.2, 0.25) is 0 Å². The maximum absolute atomic E-state index is 12.6. The number of halogens is 3. The van der Waals surface area contributed by atoms with Gasteiger partial charge in [0.1, 0.15) is 4.75 Å². The summed E-state index contributed by atoms with van der Waals surface area (Å²) in [4.78, 5) is 0. The first-order valence-electron chi connectivity index (χ1n) is 6.52. The van der Waals surface area contributed by atoms with Gasteiger partial charge in [-0.05, 0) is 44.9 Å². The molecule has 0 saturated carbocycles.